The van der Waals surface area contributed by atoms with Crippen LogP contribution in [0, 0.1) is 0 Å². The first-order valence-electron chi connectivity index (χ1n) is 15.5. The van der Waals surface area contributed by atoms with E-state index >= 15 is 0 Å². The Morgan fingerprint density at radius 2 is 1.67 bits per heavy atom. The molecule has 49 heavy (non-hydrogen) atoms. The van der Waals surface area contributed by atoms with Crippen LogP contribution in [0.25, 0.3) is 0 Å². The lowest BCUT2D eigenvalue weighted by molar-refractivity contribution is -0.150. The number of nitrogens with one attached hydrogen (secondary N) is 1. The second kappa shape index (κ2) is 17.8. The molecule has 0 radical (unpaired) electrons. The van der Waals surface area contributed by atoms with E-state index in [0.29, 0.717) is 28.2 Å². The lowest BCUT2D eigenvalue weighted by atomic mass is 10.1. The van der Waals surface area contributed by atoms with Gasteiger partial charge < -0.3 is 29.6 Å². The number of aromatic nitrogens is 2. The third-order valence-corrected chi connectivity index (χ3v) is 10.3. The molecular weight excluding hydrogens is 710 g/mol. The molecule has 1 unspecified atom stereocenters. The lowest BCUT2D eigenvalue weighted by Crippen LogP contribution is -2.24. The van der Waals surface area contributed by atoms with Gasteiger partial charge in [-0.15, -0.1) is 0 Å². The second-order valence-corrected chi connectivity index (χ2v) is 15.1. The standard InChI is InChI=1S/C34H39Cl2N4O7PS/c1-5-44-33(41)23(4)46-48(43,47-28-9-7-6-8-10-28)16-15-38-27-13-11-24(12-14-27)20-40-30(21-45-34(37)42)39-31(22(2)3)32(40)49-29-18-25(35)17-26(36)19-29/h6-14,17-19,22-23,38H,5,15-16,20-21H2,1-4H3,(H2,37,42)/t23-,48?/m0/s1. The summed E-state index contributed by atoms with van der Waals surface area (Å²) in [4.78, 5) is 29.3. The van der Waals surface area contributed by atoms with Gasteiger partial charge in [-0.05, 0) is 67.8 Å². The normalized spacial score (nSPS) is 13.0. The number of nitrogens with zero attached hydrogens (tertiary/aromatic N) is 2. The summed E-state index contributed by atoms with van der Waals surface area (Å²) in [5.74, 6) is 0.335. The van der Waals surface area contributed by atoms with Gasteiger partial charge in [0.15, 0.2) is 12.7 Å². The predicted molar refractivity (Wildman–Crippen MR) is 192 cm³/mol. The van der Waals surface area contributed by atoms with E-state index in [2.05, 4.69) is 5.32 Å². The number of esters is 1. The Balaban J connectivity index is 1.51. The van der Waals surface area contributed by atoms with E-state index in [1.54, 1.807) is 37.3 Å². The van der Waals surface area contributed by atoms with Crippen molar-refractivity contribution in [3.05, 3.63) is 99.9 Å². The third-order valence-electron chi connectivity index (χ3n) is 6.90. The van der Waals surface area contributed by atoms with Crippen LogP contribution in [-0.4, -0.2) is 47.0 Å². The molecule has 4 aromatic rings. The Labute approximate surface area is 300 Å². The van der Waals surface area contributed by atoms with Crippen molar-refractivity contribution in [3.63, 3.8) is 0 Å². The number of imidazole rings is 1. The van der Waals surface area contributed by atoms with Crippen molar-refractivity contribution in [2.24, 2.45) is 5.73 Å². The Bertz CT molecular complexity index is 1750. The highest BCUT2D eigenvalue weighted by Gasteiger charge is 2.32. The highest BCUT2D eigenvalue weighted by atomic mass is 35.5. The monoisotopic (exact) mass is 748 g/mol. The van der Waals surface area contributed by atoms with E-state index in [1.807, 2.05) is 60.9 Å². The zero-order chi connectivity index (χ0) is 35.6. The van der Waals surface area contributed by atoms with Crippen LogP contribution in [-0.2, 0) is 36.5 Å². The summed E-state index contributed by atoms with van der Waals surface area (Å²) >= 11 is 14.0. The van der Waals surface area contributed by atoms with E-state index in [-0.39, 0.29) is 31.8 Å². The molecule has 3 aromatic carbocycles. The molecule has 1 heterocycles. The molecule has 0 saturated heterocycles. The molecule has 4 rings (SSSR count). The molecule has 0 bridgehead atoms. The minimum absolute atomic E-state index is 0.0161. The Morgan fingerprint density at radius 1 is 1.00 bits per heavy atom. The summed E-state index contributed by atoms with van der Waals surface area (Å²) < 4.78 is 37.4. The SMILES string of the molecule is CCOC(=O)[C@H](C)OP(=O)(CCNc1ccc(Cn2c(COC(N)=O)nc(C(C)C)c2Sc2cc(Cl)cc(Cl)c2)cc1)Oc1ccccc1. The first-order valence-corrected chi connectivity index (χ1v) is 18.8. The molecule has 0 aliphatic heterocycles. The van der Waals surface area contributed by atoms with Crippen molar-refractivity contribution >= 4 is 60.3 Å². The number of ether oxygens (including phenoxy) is 2. The number of amides is 1. The van der Waals surface area contributed by atoms with Gasteiger partial charge >= 0.3 is 19.7 Å². The molecule has 0 aliphatic rings. The summed E-state index contributed by atoms with van der Waals surface area (Å²) in [5, 5.41) is 5.13. The maximum atomic E-state index is 13.8. The molecule has 0 spiro atoms. The van der Waals surface area contributed by atoms with Crippen molar-refractivity contribution in [3.8, 4) is 5.75 Å². The van der Waals surface area contributed by atoms with E-state index in [4.69, 9.17) is 52.4 Å². The van der Waals surface area contributed by atoms with E-state index in [1.165, 1.54) is 18.7 Å². The maximum absolute atomic E-state index is 13.8. The molecule has 1 amide bonds. The maximum Gasteiger partial charge on any atom is 0.404 e. The summed E-state index contributed by atoms with van der Waals surface area (Å²) in [7, 11) is -3.77. The van der Waals surface area contributed by atoms with Crippen molar-refractivity contribution in [1.82, 2.24) is 9.55 Å². The minimum Gasteiger partial charge on any atom is -0.464 e. The molecule has 11 nitrogen and oxygen atoms in total. The van der Waals surface area contributed by atoms with Crippen molar-refractivity contribution in [2.45, 2.75) is 62.8 Å². The van der Waals surface area contributed by atoms with Gasteiger partial charge in [0.25, 0.3) is 0 Å². The zero-order valence-corrected chi connectivity index (χ0v) is 30.8. The van der Waals surface area contributed by atoms with E-state index < -0.39 is 25.8 Å². The lowest BCUT2D eigenvalue weighted by Gasteiger charge is -2.22. The van der Waals surface area contributed by atoms with Crippen molar-refractivity contribution < 1.29 is 32.7 Å². The van der Waals surface area contributed by atoms with Crippen molar-refractivity contribution in [2.75, 3.05) is 24.6 Å². The van der Waals surface area contributed by atoms with Gasteiger partial charge in [0, 0.05) is 33.7 Å². The van der Waals surface area contributed by atoms with Crippen LogP contribution >= 0.6 is 42.6 Å². The van der Waals surface area contributed by atoms with Crippen LogP contribution in [0.2, 0.25) is 10.0 Å². The number of benzene rings is 3. The molecule has 0 fully saturated rings. The van der Waals surface area contributed by atoms with Gasteiger partial charge in [0.1, 0.15) is 16.6 Å². The fourth-order valence-corrected chi connectivity index (χ4v) is 8.20. The van der Waals surface area contributed by atoms with Crippen molar-refractivity contribution in [1.29, 1.82) is 0 Å². The largest absolute Gasteiger partial charge is 0.464 e. The summed E-state index contributed by atoms with van der Waals surface area (Å²) in [5.41, 5.74) is 7.81. The van der Waals surface area contributed by atoms with Crippen LogP contribution in [0.1, 0.15) is 50.7 Å². The Kier molecular flexibility index (Phi) is 13.9. The van der Waals surface area contributed by atoms with Gasteiger partial charge in [-0.2, -0.15) is 0 Å². The molecule has 3 N–H and O–H groups in total. The van der Waals surface area contributed by atoms with Gasteiger partial charge in [-0.25, -0.2) is 19.1 Å². The second-order valence-electron chi connectivity index (χ2n) is 11.1. The number of carbonyl (C=O) groups excluding carboxylic acids is 2. The highest BCUT2D eigenvalue weighted by molar-refractivity contribution is 7.99. The van der Waals surface area contributed by atoms with Crippen LogP contribution in [0.4, 0.5) is 10.5 Å². The molecule has 0 saturated carbocycles. The third kappa shape index (κ3) is 11.4. The van der Waals surface area contributed by atoms with Crippen LogP contribution in [0.15, 0.2) is 82.7 Å². The zero-order valence-electron chi connectivity index (χ0n) is 27.6. The first-order chi connectivity index (χ1) is 23.4. The number of primary amides is 1. The van der Waals surface area contributed by atoms with Gasteiger partial charge in [-0.3, -0.25) is 4.52 Å². The average Bonchev–Trinajstić information content (AvgIpc) is 3.37. The fourth-order valence-electron chi connectivity index (χ4n) is 4.65. The summed E-state index contributed by atoms with van der Waals surface area (Å²) in [6.07, 6.45) is -1.99. The highest BCUT2D eigenvalue weighted by Crippen LogP contribution is 2.49. The molecule has 15 heteroatoms. The van der Waals surface area contributed by atoms with Gasteiger partial charge in [-0.1, -0.05) is 79.1 Å². The van der Waals surface area contributed by atoms with Crippen LogP contribution < -0.4 is 15.6 Å². The number of nitrogens with two attached hydrogens (primary N) is 1. The average molecular weight is 750 g/mol. The Morgan fingerprint density at radius 3 is 2.29 bits per heavy atom. The fraction of sp³-hybridized carbons (Fsp3) is 0.324. The number of halogens is 2. The number of para-hydroxylation sites is 1. The van der Waals surface area contributed by atoms with Gasteiger partial charge in [0.05, 0.1) is 18.5 Å². The van der Waals surface area contributed by atoms with Crippen LogP contribution in [0.5, 0.6) is 5.75 Å². The summed E-state index contributed by atoms with van der Waals surface area (Å²) in [6, 6.07) is 21.6. The quantitative estimate of drug-likeness (QED) is 0.0794. The topological polar surface area (TPSA) is 144 Å². The van der Waals surface area contributed by atoms with Crippen LogP contribution in [0.3, 0.4) is 0 Å². The Hall–Kier alpha value is -3.67. The number of anilines is 1. The molecule has 1 aromatic heterocycles. The number of carbonyl (C=O) groups is 2. The minimum atomic E-state index is -3.77. The molecule has 262 valence electrons. The van der Waals surface area contributed by atoms with E-state index in [0.717, 1.165) is 26.9 Å². The van der Waals surface area contributed by atoms with E-state index in [9.17, 15) is 14.2 Å². The number of hydrogen-bond donors (Lipinski definition) is 2. The molecule has 2 atom stereocenters. The number of rotatable bonds is 17. The first kappa shape index (κ1) is 38.1. The molecule has 0 aliphatic carbocycles. The summed E-state index contributed by atoms with van der Waals surface area (Å²) in [6.45, 7) is 7.95. The van der Waals surface area contributed by atoms with Gasteiger partial charge in [0.2, 0.25) is 0 Å². The smallest absolute Gasteiger partial charge is 0.404 e. The number of hydrogen-bond acceptors (Lipinski definition) is 10. The predicted octanol–water partition coefficient (Wildman–Crippen LogP) is 8.76. The molecular formula is C34H39Cl2N4O7PS.